The van der Waals surface area contributed by atoms with Crippen LogP contribution < -0.4 is 10.1 Å². The first-order valence-electron chi connectivity index (χ1n) is 6.89. The third-order valence-electron chi connectivity index (χ3n) is 3.07. The monoisotopic (exact) mass is 273 g/mol. The number of aryl methyl sites for hydroxylation is 1. The fourth-order valence-electron chi connectivity index (χ4n) is 1.88. The van der Waals surface area contributed by atoms with Crippen molar-refractivity contribution in [2.75, 3.05) is 19.7 Å². The van der Waals surface area contributed by atoms with E-state index in [4.69, 9.17) is 4.74 Å². The zero-order valence-corrected chi connectivity index (χ0v) is 11.7. The molecule has 0 bridgehead atoms. The molecule has 3 heteroatoms. The summed E-state index contributed by atoms with van der Waals surface area (Å²) in [7, 11) is 0. The third kappa shape index (κ3) is 5.02. The maximum absolute atomic E-state index is 12.7. The minimum atomic E-state index is -0.187. The molecule has 0 radical (unpaired) electrons. The maximum atomic E-state index is 12.7. The molecule has 2 nitrogen and oxygen atoms in total. The summed E-state index contributed by atoms with van der Waals surface area (Å²) in [4.78, 5) is 0. The van der Waals surface area contributed by atoms with Crippen molar-refractivity contribution in [3.8, 4) is 5.75 Å². The van der Waals surface area contributed by atoms with E-state index in [0.29, 0.717) is 6.61 Å². The number of nitrogens with one attached hydrogen (secondary N) is 1. The predicted molar refractivity (Wildman–Crippen MR) is 79.6 cm³/mol. The molecule has 106 valence electrons. The van der Waals surface area contributed by atoms with Gasteiger partial charge in [0.05, 0.1) is 0 Å². The molecule has 0 heterocycles. The van der Waals surface area contributed by atoms with E-state index in [-0.39, 0.29) is 5.82 Å². The molecule has 1 N–H and O–H groups in total. The molecule has 20 heavy (non-hydrogen) atoms. The smallest absolute Gasteiger partial charge is 0.123 e. The largest absolute Gasteiger partial charge is 0.492 e. The molecule has 0 aliphatic carbocycles. The van der Waals surface area contributed by atoms with E-state index < -0.39 is 0 Å². The van der Waals surface area contributed by atoms with Crippen LogP contribution in [0, 0.1) is 12.7 Å². The quantitative estimate of drug-likeness (QED) is 0.781. The summed E-state index contributed by atoms with van der Waals surface area (Å²) in [5, 5.41) is 3.31. The Morgan fingerprint density at radius 2 is 1.65 bits per heavy atom. The highest BCUT2D eigenvalue weighted by Crippen LogP contribution is 2.10. The van der Waals surface area contributed by atoms with E-state index >= 15 is 0 Å². The van der Waals surface area contributed by atoms with Gasteiger partial charge in [0.1, 0.15) is 18.2 Å². The van der Waals surface area contributed by atoms with Gasteiger partial charge in [0.2, 0.25) is 0 Å². The molecular weight excluding hydrogens is 253 g/mol. The lowest BCUT2D eigenvalue weighted by molar-refractivity contribution is 0.314. The molecule has 0 aromatic heterocycles. The second-order valence-corrected chi connectivity index (χ2v) is 4.79. The van der Waals surface area contributed by atoms with Crippen molar-refractivity contribution >= 4 is 0 Å². The van der Waals surface area contributed by atoms with Crippen molar-refractivity contribution in [1.29, 1.82) is 0 Å². The van der Waals surface area contributed by atoms with Crippen LogP contribution in [0.4, 0.5) is 4.39 Å². The van der Waals surface area contributed by atoms with Gasteiger partial charge >= 0.3 is 0 Å². The number of ether oxygens (including phenoxy) is 1. The van der Waals surface area contributed by atoms with Gasteiger partial charge in [0.25, 0.3) is 0 Å². The van der Waals surface area contributed by atoms with Gasteiger partial charge < -0.3 is 10.1 Å². The van der Waals surface area contributed by atoms with Gasteiger partial charge in [-0.3, -0.25) is 0 Å². The molecule has 2 aromatic carbocycles. The Balaban J connectivity index is 1.57. The van der Waals surface area contributed by atoms with Gasteiger partial charge in [-0.2, -0.15) is 0 Å². The van der Waals surface area contributed by atoms with Crippen LogP contribution in [0.3, 0.4) is 0 Å². The summed E-state index contributed by atoms with van der Waals surface area (Å²) in [6.45, 7) is 4.37. The molecule has 0 aliphatic heterocycles. The average Bonchev–Trinajstić information content (AvgIpc) is 2.46. The van der Waals surface area contributed by atoms with Crippen molar-refractivity contribution in [3.05, 3.63) is 65.5 Å². The lowest BCUT2D eigenvalue weighted by Gasteiger charge is -2.08. The second-order valence-electron chi connectivity index (χ2n) is 4.79. The molecule has 0 amide bonds. The highest BCUT2D eigenvalue weighted by Gasteiger charge is 1.95. The van der Waals surface area contributed by atoms with Gasteiger partial charge in [-0.15, -0.1) is 0 Å². The highest BCUT2D eigenvalue weighted by atomic mass is 19.1. The number of halogens is 1. The van der Waals surface area contributed by atoms with E-state index in [0.717, 1.165) is 30.8 Å². The molecule has 0 aliphatic rings. The Kier molecular flexibility index (Phi) is 5.56. The van der Waals surface area contributed by atoms with Crippen LogP contribution in [0.2, 0.25) is 0 Å². The van der Waals surface area contributed by atoms with Gasteiger partial charge in [-0.1, -0.05) is 29.8 Å². The van der Waals surface area contributed by atoms with Crippen molar-refractivity contribution in [2.45, 2.75) is 13.3 Å². The summed E-state index contributed by atoms with van der Waals surface area (Å²) in [5.74, 6) is 0.712. The summed E-state index contributed by atoms with van der Waals surface area (Å²) in [6.07, 6.45) is 0.894. The van der Waals surface area contributed by atoms with Crippen molar-refractivity contribution in [1.82, 2.24) is 5.32 Å². The minimum absolute atomic E-state index is 0.187. The van der Waals surface area contributed by atoms with Crippen LogP contribution in [-0.4, -0.2) is 19.7 Å². The van der Waals surface area contributed by atoms with Gasteiger partial charge in [0, 0.05) is 6.54 Å². The highest BCUT2D eigenvalue weighted by molar-refractivity contribution is 5.26. The van der Waals surface area contributed by atoms with Gasteiger partial charge in [-0.25, -0.2) is 4.39 Å². The second kappa shape index (κ2) is 7.65. The zero-order valence-electron chi connectivity index (χ0n) is 11.7. The van der Waals surface area contributed by atoms with Crippen LogP contribution in [0.5, 0.6) is 5.75 Å². The normalized spacial score (nSPS) is 10.5. The first-order chi connectivity index (χ1) is 9.74. The first kappa shape index (κ1) is 14.5. The Bertz CT molecular complexity index is 458. The number of hydrogen-bond donors (Lipinski definition) is 1. The van der Waals surface area contributed by atoms with Crippen LogP contribution in [0.25, 0.3) is 0 Å². The minimum Gasteiger partial charge on any atom is -0.492 e. The maximum Gasteiger partial charge on any atom is 0.123 e. The van der Waals surface area contributed by atoms with E-state index in [9.17, 15) is 4.39 Å². The number of hydrogen-bond acceptors (Lipinski definition) is 2. The van der Waals surface area contributed by atoms with E-state index in [1.807, 2.05) is 36.4 Å². The van der Waals surface area contributed by atoms with E-state index in [1.165, 1.54) is 17.7 Å². The van der Waals surface area contributed by atoms with E-state index in [2.05, 4.69) is 12.2 Å². The zero-order chi connectivity index (χ0) is 14.2. The third-order valence-corrected chi connectivity index (χ3v) is 3.07. The van der Waals surface area contributed by atoms with Crippen LogP contribution >= 0.6 is 0 Å². The molecule has 2 rings (SSSR count). The molecular formula is C17H20FNO. The summed E-state index contributed by atoms with van der Waals surface area (Å²) >= 11 is 0. The number of benzene rings is 2. The molecule has 0 unspecified atom stereocenters. The average molecular weight is 273 g/mol. The Hall–Kier alpha value is -1.87. The molecule has 0 spiro atoms. The molecule has 0 atom stereocenters. The van der Waals surface area contributed by atoms with Gasteiger partial charge in [0.15, 0.2) is 0 Å². The SMILES string of the molecule is Cc1ccc(OCCNCCc2ccc(F)cc2)cc1. The summed E-state index contributed by atoms with van der Waals surface area (Å²) in [5.41, 5.74) is 2.37. The summed E-state index contributed by atoms with van der Waals surface area (Å²) in [6, 6.07) is 14.7. The standard InChI is InChI=1S/C17H20FNO/c1-14-2-8-17(9-3-14)20-13-12-19-11-10-15-4-6-16(18)7-5-15/h2-9,19H,10-13H2,1H3. The van der Waals surface area contributed by atoms with Crippen molar-refractivity contribution < 1.29 is 9.13 Å². The molecule has 2 aromatic rings. The van der Waals surface area contributed by atoms with Crippen molar-refractivity contribution in [3.63, 3.8) is 0 Å². The lowest BCUT2D eigenvalue weighted by Crippen LogP contribution is -2.23. The van der Waals surface area contributed by atoms with Crippen molar-refractivity contribution in [2.24, 2.45) is 0 Å². The van der Waals surface area contributed by atoms with Crippen LogP contribution in [0.15, 0.2) is 48.5 Å². The Morgan fingerprint density at radius 1 is 0.950 bits per heavy atom. The van der Waals surface area contributed by atoms with Gasteiger partial charge in [-0.05, 0) is 49.7 Å². The first-order valence-corrected chi connectivity index (χ1v) is 6.89. The van der Waals surface area contributed by atoms with Crippen LogP contribution in [0.1, 0.15) is 11.1 Å². The fraction of sp³-hybridized carbons (Fsp3) is 0.294. The lowest BCUT2D eigenvalue weighted by atomic mass is 10.1. The number of rotatable bonds is 7. The molecule has 0 fully saturated rings. The topological polar surface area (TPSA) is 21.3 Å². The molecule has 0 saturated carbocycles. The molecule has 0 saturated heterocycles. The Labute approximate surface area is 119 Å². The fourth-order valence-corrected chi connectivity index (χ4v) is 1.88. The predicted octanol–water partition coefficient (Wildman–Crippen LogP) is 3.35. The summed E-state index contributed by atoms with van der Waals surface area (Å²) < 4.78 is 18.3. The van der Waals surface area contributed by atoms with Crippen LogP contribution in [-0.2, 0) is 6.42 Å². The Morgan fingerprint density at radius 3 is 2.35 bits per heavy atom. The van der Waals surface area contributed by atoms with E-state index in [1.54, 1.807) is 0 Å².